The predicted molar refractivity (Wildman–Crippen MR) is 93.6 cm³/mol. The van der Waals surface area contributed by atoms with E-state index in [1.807, 2.05) is 16.7 Å². The lowest BCUT2D eigenvalue weighted by Gasteiger charge is -2.32. The minimum Gasteiger partial charge on any atom is -0.340 e. The van der Waals surface area contributed by atoms with Crippen LogP contribution < -0.4 is 0 Å². The molecule has 0 aromatic heterocycles. The minimum atomic E-state index is -0.309. The summed E-state index contributed by atoms with van der Waals surface area (Å²) < 4.78 is 13.1. The molecule has 2 heterocycles. The Morgan fingerprint density at radius 3 is 2.83 bits per heavy atom. The van der Waals surface area contributed by atoms with Gasteiger partial charge in [0.1, 0.15) is 5.82 Å². The summed E-state index contributed by atoms with van der Waals surface area (Å²) in [5.74, 6) is 2.07. The molecule has 6 heteroatoms. The number of hydrogen-bond donors (Lipinski definition) is 0. The van der Waals surface area contributed by atoms with Crippen molar-refractivity contribution in [1.82, 2.24) is 9.80 Å². The number of likely N-dealkylation sites (tertiary alicyclic amines) is 1. The molecule has 23 heavy (non-hydrogen) atoms. The van der Waals surface area contributed by atoms with Crippen LogP contribution in [-0.4, -0.2) is 59.4 Å². The summed E-state index contributed by atoms with van der Waals surface area (Å²) in [5.41, 5.74) is 0.945. The number of nitrogens with zero attached hydrogens (tertiary/aromatic N) is 2. The Morgan fingerprint density at radius 2 is 2.09 bits per heavy atom. The smallest absolute Gasteiger partial charge is 0.239 e. The van der Waals surface area contributed by atoms with E-state index in [0.29, 0.717) is 5.02 Å². The van der Waals surface area contributed by atoms with Gasteiger partial charge in [-0.05, 0) is 43.5 Å². The second kappa shape index (κ2) is 7.86. The standard InChI is InChI=1S/C17H22ClFN2OS/c18-15-12-14(19)4-3-13(15)5-7-20-6-1-2-16(20)17(22)21-8-10-23-11-9-21/h3-4,12,16H,1-2,5-11H2. The molecule has 1 unspecified atom stereocenters. The maximum absolute atomic E-state index is 13.1. The molecule has 1 atom stereocenters. The molecule has 1 aromatic rings. The number of rotatable bonds is 4. The summed E-state index contributed by atoms with van der Waals surface area (Å²) in [4.78, 5) is 17.0. The van der Waals surface area contributed by atoms with Gasteiger partial charge in [-0.15, -0.1) is 0 Å². The number of carbonyl (C=O) groups is 1. The third-order valence-corrected chi connectivity index (χ3v) is 5.95. The van der Waals surface area contributed by atoms with Crippen LogP contribution in [0.15, 0.2) is 18.2 Å². The number of thioether (sulfide) groups is 1. The second-order valence-electron chi connectivity index (χ2n) is 6.12. The highest BCUT2D eigenvalue weighted by Crippen LogP contribution is 2.23. The van der Waals surface area contributed by atoms with Gasteiger partial charge in [-0.2, -0.15) is 11.8 Å². The first-order chi connectivity index (χ1) is 11.1. The zero-order valence-corrected chi connectivity index (χ0v) is 14.7. The Balaban J connectivity index is 1.59. The van der Waals surface area contributed by atoms with E-state index in [1.165, 1.54) is 12.1 Å². The molecule has 0 bridgehead atoms. The normalized spacial score (nSPS) is 22.5. The van der Waals surface area contributed by atoms with Gasteiger partial charge in [0.15, 0.2) is 0 Å². The largest absolute Gasteiger partial charge is 0.340 e. The average Bonchev–Trinajstić information content (AvgIpc) is 3.02. The Hall–Kier alpha value is -0.780. The topological polar surface area (TPSA) is 23.6 Å². The third kappa shape index (κ3) is 4.20. The molecule has 3 rings (SSSR count). The lowest BCUT2D eigenvalue weighted by molar-refractivity contribution is -0.135. The van der Waals surface area contributed by atoms with Crippen LogP contribution >= 0.6 is 23.4 Å². The van der Waals surface area contributed by atoms with Crippen LogP contribution in [0.25, 0.3) is 0 Å². The number of benzene rings is 1. The average molecular weight is 357 g/mol. The van der Waals surface area contributed by atoms with Crippen LogP contribution in [0.5, 0.6) is 0 Å². The number of halogens is 2. The van der Waals surface area contributed by atoms with Crippen molar-refractivity contribution in [2.75, 3.05) is 37.7 Å². The summed E-state index contributed by atoms with van der Waals surface area (Å²) in [6.45, 7) is 3.50. The summed E-state index contributed by atoms with van der Waals surface area (Å²) in [7, 11) is 0. The molecule has 0 N–H and O–H groups in total. The molecule has 1 amide bonds. The monoisotopic (exact) mass is 356 g/mol. The third-order valence-electron chi connectivity index (χ3n) is 4.65. The highest BCUT2D eigenvalue weighted by atomic mass is 35.5. The lowest BCUT2D eigenvalue weighted by atomic mass is 10.1. The SMILES string of the molecule is O=C(C1CCCN1CCc1ccc(F)cc1Cl)N1CCSCC1. The van der Waals surface area contributed by atoms with Crippen LogP contribution in [0.4, 0.5) is 4.39 Å². The van der Waals surface area contributed by atoms with E-state index in [1.54, 1.807) is 6.07 Å². The minimum absolute atomic E-state index is 0.0114. The summed E-state index contributed by atoms with van der Waals surface area (Å²) >= 11 is 8.02. The van der Waals surface area contributed by atoms with E-state index < -0.39 is 0 Å². The molecule has 2 fully saturated rings. The molecule has 2 saturated heterocycles. The lowest BCUT2D eigenvalue weighted by Crippen LogP contribution is -2.48. The molecular weight excluding hydrogens is 335 g/mol. The fraction of sp³-hybridized carbons (Fsp3) is 0.588. The Bertz CT molecular complexity index is 566. The van der Waals surface area contributed by atoms with Gasteiger partial charge in [0.25, 0.3) is 0 Å². The van der Waals surface area contributed by atoms with Crippen molar-refractivity contribution >= 4 is 29.3 Å². The zero-order valence-electron chi connectivity index (χ0n) is 13.1. The molecule has 2 aliphatic rings. The van der Waals surface area contributed by atoms with Gasteiger partial charge in [0, 0.05) is 36.2 Å². The molecule has 3 nitrogen and oxygen atoms in total. The summed E-state index contributed by atoms with van der Waals surface area (Å²) in [6, 6.07) is 4.55. The zero-order chi connectivity index (χ0) is 16.2. The first-order valence-electron chi connectivity index (χ1n) is 8.19. The van der Waals surface area contributed by atoms with Crippen molar-refractivity contribution in [3.8, 4) is 0 Å². The second-order valence-corrected chi connectivity index (χ2v) is 7.75. The quantitative estimate of drug-likeness (QED) is 0.828. The van der Waals surface area contributed by atoms with E-state index in [0.717, 1.165) is 62.5 Å². The summed E-state index contributed by atoms with van der Waals surface area (Å²) in [6.07, 6.45) is 2.76. The molecular formula is C17H22ClFN2OS. The maximum Gasteiger partial charge on any atom is 0.239 e. The van der Waals surface area contributed by atoms with Gasteiger partial charge >= 0.3 is 0 Å². The molecule has 0 radical (unpaired) electrons. The number of carbonyl (C=O) groups excluding carboxylic acids is 1. The van der Waals surface area contributed by atoms with Gasteiger partial charge < -0.3 is 4.90 Å². The van der Waals surface area contributed by atoms with Gasteiger partial charge in [0.2, 0.25) is 5.91 Å². The van der Waals surface area contributed by atoms with E-state index in [9.17, 15) is 9.18 Å². The van der Waals surface area contributed by atoms with Crippen molar-refractivity contribution in [2.45, 2.75) is 25.3 Å². The van der Waals surface area contributed by atoms with Crippen LogP contribution in [0.2, 0.25) is 5.02 Å². The van der Waals surface area contributed by atoms with Gasteiger partial charge in [-0.25, -0.2) is 4.39 Å². The van der Waals surface area contributed by atoms with Crippen LogP contribution in [0, 0.1) is 5.82 Å². The van der Waals surface area contributed by atoms with Crippen LogP contribution in [-0.2, 0) is 11.2 Å². The van der Waals surface area contributed by atoms with Crippen molar-refractivity contribution < 1.29 is 9.18 Å². The molecule has 0 aliphatic carbocycles. The first-order valence-corrected chi connectivity index (χ1v) is 9.73. The van der Waals surface area contributed by atoms with Crippen molar-refractivity contribution in [3.63, 3.8) is 0 Å². The van der Waals surface area contributed by atoms with Crippen molar-refractivity contribution in [3.05, 3.63) is 34.6 Å². The number of amides is 1. The van der Waals surface area contributed by atoms with Crippen LogP contribution in [0.1, 0.15) is 18.4 Å². The predicted octanol–water partition coefficient (Wildman–Crippen LogP) is 3.06. The Labute approximate surface area is 146 Å². The van der Waals surface area contributed by atoms with E-state index >= 15 is 0 Å². The Morgan fingerprint density at radius 1 is 1.30 bits per heavy atom. The van der Waals surface area contributed by atoms with Crippen molar-refractivity contribution in [1.29, 1.82) is 0 Å². The van der Waals surface area contributed by atoms with E-state index in [2.05, 4.69) is 4.90 Å². The van der Waals surface area contributed by atoms with E-state index in [4.69, 9.17) is 11.6 Å². The van der Waals surface area contributed by atoms with Gasteiger partial charge in [-0.1, -0.05) is 17.7 Å². The highest BCUT2D eigenvalue weighted by Gasteiger charge is 2.33. The Kier molecular flexibility index (Phi) is 5.83. The molecule has 0 spiro atoms. The number of hydrogen-bond acceptors (Lipinski definition) is 3. The fourth-order valence-electron chi connectivity index (χ4n) is 3.36. The van der Waals surface area contributed by atoms with E-state index in [-0.39, 0.29) is 17.8 Å². The van der Waals surface area contributed by atoms with Crippen LogP contribution in [0.3, 0.4) is 0 Å². The first kappa shape index (κ1) is 17.1. The summed E-state index contributed by atoms with van der Waals surface area (Å²) in [5, 5.41) is 0.472. The van der Waals surface area contributed by atoms with Gasteiger partial charge in [0.05, 0.1) is 6.04 Å². The van der Waals surface area contributed by atoms with Crippen molar-refractivity contribution in [2.24, 2.45) is 0 Å². The fourth-order valence-corrected chi connectivity index (χ4v) is 4.52. The molecule has 1 aromatic carbocycles. The highest BCUT2D eigenvalue weighted by molar-refractivity contribution is 7.99. The maximum atomic E-state index is 13.1. The van der Waals surface area contributed by atoms with Gasteiger partial charge in [-0.3, -0.25) is 9.69 Å². The molecule has 0 saturated carbocycles. The molecule has 2 aliphatic heterocycles. The molecule has 126 valence electrons.